The van der Waals surface area contributed by atoms with E-state index in [1.807, 2.05) is 24.3 Å². The lowest BCUT2D eigenvalue weighted by molar-refractivity contribution is 0.0924. The molecule has 0 aromatic heterocycles. The van der Waals surface area contributed by atoms with E-state index in [9.17, 15) is 13.2 Å². The number of nitrogens with one attached hydrogen (secondary N) is 2. The van der Waals surface area contributed by atoms with Crippen LogP contribution in [0.3, 0.4) is 0 Å². The maximum Gasteiger partial charge on any atom is 0.251 e. The van der Waals surface area contributed by atoms with Gasteiger partial charge in [0.15, 0.2) is 0 Å². The molecule has 0 radical (unpaired) electrons. The second-order valence-electron chi connectivity index (χ2n) is 6.12. The SMILES string of the molecule is COCCNS(=O)(=O)c1cccc(C(=O)NC2CCOc3ccccc32)c1. The standard InChI is InChI=1S/C19H22N2O5S/c1-25-12-10-20-27(23,24)15-6-4-5-14(13-15)19(22)21-17-9-11-26-18-8-3-2-7-16(17)18/h2-8,13,17,20H,9-12H2,1H3,(H,21,22). The van der Waals surface area contributed by atoms with Crippen LogP contribution in [0.5, 0.6) is 5.75 Å². The molecule has 0 saturated heterocycles. The summed E-state index contributed by atoms with van der Waals surface area (Å²) >= 11 is 0. The molecule has 7 nitrogen and oxygen atoms in total. The molecule has 1 heterocycles. The highest BCUT2D eigenvalue weighted by Crippen LogP contribution is 2.31. The number of rotatable bonds is 7. The fourth-order valence-electron chi connectivity index (χ4n) is 2.90. The van der Waals surface area contributed by atoms with Gasteiger partial charge >= 0.3 is 0 Å². The van der Waals surface area contributed by atoms with Crippen LogP contribution in [0, 0.1) is 0 Å². The zero-order valence-corrected chi connectivity index (χ0v) is 15.8. The molecule has 2 aromatic rings. The zero-order chi connectivity index (χ0) is 19.3. The molecule has 1 aliphatic heterocycles. The van der Waals surface area contributed by atoms with Crippen molar-refractivity contribution in [1.29, 1.82) is 0 Å². The largest absolute Gasteiger partial charge is 0.493 e. The first-order chi connectivity index (χ1) is 13.0. The van der Waals surface area contributed by atoms with Crippen molar-refractivity contribution in [2.75, 3.05) is 26.9 Å². The highest BCUT2D eigenvalue weighted by Gasteiger charge is 2.23. The maximum atomic E-state index is 12.7. The smallest absolute Gasteiger partial charge is 0.251 e. The Kier molecular flexibility index (Phi) is 6.10. The number of carbonyl (C=O) groups excluding carboxylic acids is 1. The van der Waals surface area contributed by atoms with Gasteiger partial charge in [-0.25, -0.2) is 13.1 Å². The maximum absolute atomic E-state index is 12.7. The molecule has 144 valence electrons. The number of hydrogen-bond acceptors (Lipinski definition) is 5. The molecule has 1 aliphatic rings. The normalized spacial score (nSPS) is 16.3. The molecule has 1 atom stereocenters. The van der Waals surface area contributed by atoms with Gasteiger partial charge in [-0.1, -0.05) is 24.3 Å². The molecule has 0 bridgehead atoms. The van der Waals surface area contributed by atoms with Crippen molar-refractivity contribution in [1.82, 2.24) is 10.0 Å². The minimum absolute atomic E-state index is 0.0404. The molecule has 0 aliphatic carbocycles. The number of amides is 1. The number of methoxy groups -OCH3 is 1. The van der Waals surface area contributed by atoms with Gasteiger partial charge in [-0.2, -0.15) is 0 Å². The van der Waals surface area contributed by atoms with Gasteiger partial charge in [0.1, 0.15) is 5.75 Å². The van der Waals surface area contributed by atoms with E-state index in [0.717, 1.165) is 11.3 Å². The van der Waals surface area contributed by atoms with Crippen molar-refractivity contribution >= 4 is 15.9 Å². The van der Waals surface area contributed by atoms with Gasteiger partial charge in [-0.3, -0.25) is 4.79 Å². The number of benzene rings is 2. The Hall–Kier alpha value is -2.42. The van der Waals surface area contributed by atoms with Crippen LogP contribution in [-0.2, 0) is 14.8 Å². The summed E-state index contributed by atoms with van der Waals surface area (Å²) < 4.78 is 37.5. The van der Waals surface area contributed by atoms with Crippen molar-refractivity contribution in [3.63, 3.8) is 0 Å². The Morgan fingerprint density at radius 1 is 1.22 bits per heavy atom. The third-order valence-corrected chi connectivity index (χ3v) is 5.73. The average molecular weight is 390 g/mol. The average Bonchev–Trinajstić information content (AvgIpc) is 2.68. The van der Waals surface area contributed by atoms with Crippen LogP contribution in [0.4, 0.5) is 0 Å². The van der Waals surface area contributed by atoms with Crippen LogP contribution in [0.1, 0.15) is 28.4 Å². The second-order valence-corrected chi connectivity index (χ2v) is 7.89. The van der Waals surface area contributed by atoms with E-state index in [4.69, 9.17) is 9.47 Å². The van der Waals surface area contributed by atoms with Crippen molar-refractivity contribution in [3.05, 3.63) is 59.7 Å². The zero-order valence-electron chi connectivity index (χ0n) is 15.0. The van der Waals surface area contributed by atoms with Crippen molar-refractivity contribution < 1.29 is 22.7 Å². The minimum atomic E-state index is -3.70. The van der Waals surface area contributed by atoms with Gasteiger partial charge in [-0.15, -0.1) is 0 Å². The molecule has 8 heteroatoms. The van der Waals surface area contributed by atoms with E-state index in [1.54, 1.807) is 12.1 Å². The third-order valence-electron chi connectivity index (χ3n) is 4.27. The summed E-state index contributed by atoms with van der Waals surface area (Å²) in [5.41, 5.74) is 1.20. The molecular weight excluding hydrogens is 368 g/mol. The number of fused-ring (bicyclic) bond motifs is 1. The molecule has 1 amide bonds. The molecule has 0 fully saturated rings. The molecule has 1 unspecified atom stereocenters. The Balaban J connectivity index is 1.75. The monoisotopic (exact) mass is 390 g/mol. The van der Waals surface area contributed by atoms with E-state index in [0.29, 0.717) is 13.0 Å². The molecule has 3 rings (SSSR count). The van der Waals surface area contributed by atoms with E-state index in [2.05, 4.69) is 10.0 Å². The summed E-state index contributed by atoms with van der Waals surface area (Å²) in [6, 6.07) is 13.4. The summed E-state index contributed by atoms with van der Waals surface area (Å²) in [4.78, 5) is 12.7. The Morgan fingerprint density at radius 3 is 2.85 bits per heavy atom. The first kappa shape index (κ1) is 19.3. The molecular formula is C19H22N2O5S. The topological polar surface area (TPSA) is 93.7 Å². The van der Waals surface area contributed by atoms with Gasteiger partial charge in [-0.05, 0) is 24.3 Å². The fraction of sp³-hybridized carbons (Fsp3) is 0.316. The lowest BCUT2D eigenvalue weighted by Gasteiger charge is -2.26. The lowest BCUT2D eigenvalue weighted by Crippen LogP contribution is -2.32. The highest BCUT2D eigenvalue weighted by atomic mass is 32.2. The summed E-state index contributed by atoms with van der Waals surface area (Å²) in [6.45, 7) is 0.941. The van der Waals surface area contributed by atoms with E-state index in [1.165, 1.54) is 19.2 Å². The summed E-state index contributed by atoms with van der Waals surface area (Å²) in [5.74, 6) is 0.429. The van der Waals surface area contributed by atoms with Crippen LogP contribution in [0.15, 0.2) is 53.4 Å². The lowest BCUT2D eigenvalue weighted by atomic mass is 10.00. The van der Waals surface area contributed by atoms with Crippen molar-refractivity contribution in [2.45, 2.75) is 17.4 Å². The first-order valence-corrected chi connectivity index (χ1v) is 10.1. The highest BCUT2D eigenvalue weighted by molar-refractivity contribution is 7.89. The molecule has 2 N–H and O–H groups in total. The van der Waals surface area contributed by atoms with E-state index in [-0.39, 0.29) is 35.6 Å². The van der Waals surface area contributed by atoms with Gasteiger partial charge in [0.25, 0.3) is 5.91 Å². The predicted octanol–water partition coefficient (Wildman–Crippen LogP) is 1.86. The minimum Gasteiger partial charge on any atom is -0.493 e. The van der Waals surface area contributed by atoms with Crippen molar-refractivity contribution in [2.24, 2.45) is 0 Å². The third kappa shape index (κ3) is 4.65. The van der Waals surface area contributed by atoms with Crippen LogP contribution in [0.2, 0.25) is 0 Å². The number of carbonyl (C=O) groups is 1. The number of ether oxygens (including phenoxy) is 2. The molecule has 27 heavy (non-hydrogen) atoms. The second kappa shape index (κ2) is 8.51. The summed E-state index contributed by atoms with van der Waals surface area (Å²) in [7, 11) is -2.21. The first-order valence-electron chi connectivity index (χ1n) is 8.62. The molecule has 0 spiro atoms. The van der Waals surface area contributed by atoms with E-state index < -0.39 is 10.0 Å². The fourth-order valence-corrected chi connectivity index (χ4v) is 3.96. The van der Waals surface area contributed by atoms with Crippen LogP contribution in [0.25, 0.3) is 0 Å². The Morgan fingerprint density at radius 2 is 2.04 bits per heavy atom. The van der Waals surface area contributed by atoms with Gasteiger partial charge < -0.3 is 14.8 Å². The number of para-hydroxylation sites is 1. The van der Waals surface area contributed by atoms with Gasteiger partial charge in [0.05, 0.1) is 24.2 Å². The van der Waals surface area contributed by atoms with Gasteiger partial charge in [0, 0.05) is 31.2 Å². The van der Waals surface area contributed by atoms with Gasteiger partial charge in [0.2, 0.25) is 10.0 Å². The Bertz CT molecular complexity index is 914. The molecule has 0 saturated carbocycles. The van der Waals surface area contributed by atoms with Crippen molar-refractivity contribution in [3.8, 4) is 5.75 Å². The summed E-state index contributed by atoms with van der Waals surface area (Å²) in [5, 5.41) is 2.97. The number of hydrogen-bond donors (Lipinski definition) is 2. The Labute approximate surface area is 158 Å². The van der Waals surface area contributed by atoms with Crippen LogP contribution in [-0.4, -0.2) is 41.2 Å². The van der Waals surface area contributed by atoms with Crippen LogP contribution < -0.4 is 14.8 Å². The quantitative estimate of drug-likeness (QED) is 0.704. The summed E-state index contributed by atoms with van der Waals surface area (Å²) in [6.07, 6.45) is 0.652. The van der Waals surface area contributed by atoms with E-state index >= 15 is 0 Å². The van der Waals surface area contributed by atoms with Crippen LogP contribution >= 0.6 is 0 Å². The predicted molar refractivity (Wildman–Crippen MR) is 100 cm³/mol. The molecule has 2 aromatic carbocycles. The number of sulfonamides is 1.